The first kappa shape index (κ1) is 14.4. The number of hydrogen-bond acceptors (Lipinski definition) is 4. The topological polar surface area (TPSA) is 41.1 Å². The number of aromatic nitrogens is 2. The van der Waals surface area contributed by atoms with E-state index in [0.717, 1.165) is 43.5 Å². The zero-order valence-corrected chi connectivity index (χ0v) is 13.1. The molecule has 0 atom stereocenters. The van der Waals surface area contributed by atoms with Gasteiger partial charge in [-0.1, -0.05) is 11.6 Å². The standard InChI is InChI=1S/C17H26N4/c1-14-19-16(13-17(20-14)21-11-5-6-12-21)18-10-9-15-7-3-2-4-8-15/h7,13H,2-6,8-12H2,1H3,(H,18,19,20). The first-order valence-corrected chi connectivity index (χ1v) is 8.34. The van der Waals surface area contributed by atoms with Gasteiger partial charge in [-0.15, -0.1) is 0 Å². The third kappa shape index (κ3) is 3.96. The van der Waals surface area contributed by atoms with Crippen LogP contribution in [0, 0.1) is 6.92 Å². The summed E-state index contributed by atoms with van der Waals surface area (Å²) < 4.78 is 0. The Labute approximate surface area is 127 Å². The largest absolute Gasteiger partial charge is 0.370 e. The van der Waals surface area contributed by atoms with E-state index in [0.29, 0.717) is 0 Å². The van der Waals surface area contributed by atoms with Gasteiger partial charge in [-0.3, -0.25) is 0 Å². The van der Waals surface area contributed by atoms with E-state index in [1.807, 2.05) is 6.92 Å². The molecule has 0 amide bonds. The third-order valence-electron chi connectivity index (χ3n) is 4.39. The Bertz CT molecular complexity index is 504. The molecule has 4 nitrogen and oxygen atoms in total. The SMILES string of the molecule is Cc1nc(NCCC2=CCCCC2)cc(N2CCCC2)n1. The predicted octanol–water partition coefficient (Wildman–Crippen LogP) is 3.69. The van der Waals surface area contributed by atoms with Crippen LogP contribution in [0.1, 0.15) is 50.8 Å². The number of nitrogens with zero attached hydrogens (tertiary/aromatic N) is 3. The van der Waals surface area contributed by atoms with Crippen LogP contribution < -0.4 is 10.2 Å². The molecule has 0 unspecified atom stereocenters. The van der Waals surface area contributed by atoms with Gasteiger partial charge >= 0.3 is 0 Å². The Morgan fingerprint density at radius 2 is 2.00 bits per heavy atom. The maximum atomic E-state index is 4.58. The lowest BCUT2D eigenvalue weighted by Gasteiger charge is -2.18. The van der Waals surface area contributed by atoms with Gasteiger partial charge < -0.3 is 10.2 Å². The average Bonchev–Trinajstić information content (AvgIpc) is 3.02. The van der Waals surface area contributed by atoms with Gasteiger partial charge in [0.15, 0.2) is 0 Å². The fourth-order valence-electron chi connectivity index (χ4n) is 3.23. The Balaban J connectivity index is 1.58. The summed E-state index contributed by atoms with van der Waals surface area (Å²) >= 11 is 0. The number of rotatable bonds is 5. The molecule has 1 aromatic heterocycles. The monoisotopic (exact) mass is 286 g/mol. The first-order chi connectivity index (χ1) is 10.3. The Hall–Kier alpha value is -1.58. The van der Waals surface area contributed by atoms with Crippen molar-refractivity contribution in [3.63, 3.8) is 0 Å². The van der Waals surface area contributed by atoms with Crippen LogP contribution in [-0.4, -0.2) is 29.6 Å². The van der Waals surface area contributed by atoms with Crippen LogP contribution in [0.2, 0.25) is 0 Å². The van der Waals surface area contributed by atoms with Crippen molar-refractivity contribution in [2.45, 2.75) is 51.9 Å². The Kier molecular flexibility index (Phi) is 4.73. The summed E-state index contributed by atoms with van der Waals surface area (Å²) in [5, 5.41) is 3.48. The number of allylic oxidation sites excluding steroid dienone is 1. The van der Waals surface area contributed by atoms with E-state index in [4.69, 9.17) is 0 Å². The molecule has 4 heteroatoms. The highest BCUT2D eigenvalue weighted by molar-refractivity contribution is 5.50. The maximum absolute atomic E-state index is 4.58. The third-order valence-corrected chi connectivity index (χ3v) is 4.39. The summed E-state index contributed by atoms with van der Waals surface area (Å²) in [6.07, 6.45) is 11.4. The normalized spacial score (nSPS) is 18.7. The molecule has 21 heavy (non-hydrogen) atoms. The molecule has 3 rings (SSSR count). The molecule has 1 N–H and O–H groups in total. The highest BCUT2D eigenvalue weighted by atomic mass is 15.2. The molecule has 1 fully saturated rings. The van der Waals surface area contributed by atoms with Gasteiger partial charge in [0, 0.05) is 25.7 Å². The van der Waals surface area contributed by atoms with E-state index in [1.165, 1.54) is 38.5 Å². The quantitative estimate of drug-likeness (QED) is 0.838. The van der Waals surface area contributed by atoms with Gasteiger partial charge in [0.1, 0.15) is 17.5 Å². The molecule has 0 bridgehead atoms. The predicted molar refractivity (Wildman–Crippen MR) is 87.9 cm³/mol. The molecular weight excluding hydrogens is 260 g/mol. The molecule has 0 radical (unpaired) electrons. The minimum Gasteiger partial charge on any atom is -0.370 e. The number of aryl methyl sites for hydroxylation is 1. The van der Waals surface area contributed by atoms with Crippen LogP contribution in [-0.2, 0) is 0 Å². The summed E-state index contributed by atoms with van der Waals surface area (Å²) in [5.74, 6) is 2.92. The summed E-state index contributed by atoms with van der Waals surface area (Å²) in [6, 6.07) is 2.10. The summed E-state index contributed by atoms with van der Waals surface area (Å²) in [4.78, 5) is 11.5. The van der Waals surface area contributed by atoms with Crippen LogP contribution in [0.25, 0.3) is 0 Å². The van der Waals surface area contributed by atoms with Crippen molar-refractivity contribution in [3.05, 3.63) is 23.5 Å². The lowest BCUT2D eigenvalue weighted by Crippen LogP contribution is -2.20. The smallest absolute Gasteiger partial charge is 0.134 e. The first-order valence-electron chi connectivity index (χ1n) is 8.34. The molecular formula is C17H26N4. The minimum atomic E-state index is 0.860. The molecule has 0 saturated carbocycles. The van der Waals surface area contributed by atoms with Crippen molar-refractivity contribution in [1.29, 1.82) is 0 Å². The van der Waals surface area contributed by atoms with Crippen LogP contribution in [0.5, 0.6) is 0 Å². The molecule has 1 saturated heterocycles. The van der Waals surface area contributed by atoms with Gasteiger partial charge in [-0.05, 0) is 51.9 Å². The van der Waals surface area contributed by atoms with Crippen molar-refractivity contribution >= 4 is 11.6 Å². The summed E-state index contributed by atoms with van der Waals surface area (Å²) in [6.45, 7) is 5.21. The number of hydrogen-bond donors (Lipinski definition) is 1. The fraction of sp³-hybridized carbons (Fsp3) is 0.647. The maximum Gasteiger partial charge on any atom is 0.134 e. The van der Waals surface area contributed by atoms with Gasteiger partial charge in [0.05, 0.1) is 0 Å². The highest BCUT2D eigenvalue weighted by Gasteiger charge is 2.15. The van der Waals surface area contributed by atoms with Crippen LogP contribution >= 0.6 is 0 Å². The second-order valence-electron chi connectivity index (χ2n) is 6.14. The Morgan fingerprint density at radius 3 is 2.76 bits per heavy atom. The second-order valence-corrected chi connectivity index (χ2v) is 6.14. The van der Waals surface area contributed by atoms with E-state index in [1.54, 1.807) is 5.57 Å². The van der Waals surface area contributed by atoms with Crippen LogP contribution in [0.4, 0.5) is 11.6 Å². The van der Waals surface area contributed by atoms with Gasteiger partial charge in [0.25, 0.3) is 0 Å². The molecule has 2 heterocycles. The van der Waals surface area contributed by atoms with Gasteiger partial charge in [0.2, 0.25) is 0 Å². The van der Waals surface area contributed by atoms with E-state index in [9.17, 15) is 0 Å². The van der Waals surface area contributed by atoms with Crippen molar-refractivity contribution in [2.24, 2.45) is 0 Å². The number of anilines is 2. The Morgan fingerprint density at radius 1 is 1.14 bits per heavy atom. The molecule has 0 spiro atoms. The molecule has 2 aliphatic rings. The molecule has 1 aliphatic carbocycles. The number of nitrogens with one attached hydrogen (secondary N) is 1. The van der Waals surface area contributed by atoms with Gasteiger partial charge in [-0.25, -0.2) is 9.97 Å². The van der Waals surface area contributed by atoms with Crippen molar-refractivity contribution in [1.82, 2.24) is 9.97 Å². The summed E-state index contributed by atoms with van der Waals surface area (Å²) in [7, 11) is 0. The van der Waals surface area contributed by atoms with Crippen LogP contribution in [0.3, 0.4) is 0 Å². The lowest BCUT2D eigenvalue weighted by atomic mass is 9.97. The minimum absolute atomic E-state index is 0.860. The summed E-state index contributed by atoms with van der Waals surface area (Å²) in [5.41, 5.74) is 1.61. The van der Waals surface area contributed by atoms with Gasteiger partial charge in [-0.2, -0.15) is 0 Å². The molecule has 0 aromatic carbocycles. The fourth-order valence-corrected chi connectivity index (χ4v) is 3.23. The van der Waals surface area contributed by atoms with E-state index in [-0.39, 0.29) is 0 Å². The highest BCUT2D eigenvalue weighted by Crippen LogP contribution is 2.22. The molecule has 114 valence electrons. The van der Waals surface area contributed by atoms with E-state index >= 15 is 0 Å². The zero-order chi connectivity index (χ0) is 14.5. The van der Waals surface area contributed by atoms with E-state index in [2.05, 4.69) is 32.3 Å². The van der Waals surface area contributed by atoms with Crippen LogP contribution in [0.15, 0.2) is 17.7 Å². The van der Waals surface area contributed by atoms with Crippen molar-refractivity contribution in [2.75, 3.05) is 29.9 Å². The van der Waals surface area contributed by atoms with E-state index < -0.39 is 0 Å². The van der Waals surface area contributed by atoms with Crippen molar-refractivity contribution in [3.8, 4) is 0 Å². The second kappa shape index (κ2) is 6.92. The molecule has 1 aromatic rings. The average molecular weight is 286 g/mol. The lowest BCUT2D eigenvalue weighted by molar-refractivity contribution is 0.679. The van der Waals surface area contributed by atoms with Crippen molar-refractivity contribution < 1.29 is 0 Å². The molecule has 1 aliphatic heterocycles. The zero-order valence-electron chi connectivity index (χ0n) is 13.1.